The van der Waals surface area contributed by atoms with Crippen LogP contribution in [0.5, 0.6) is 0 Å². The molecule has 3 N–H and O–H groups in total. The highest BCUT2D eigenvalue weighted by Crippen LogP contribution is 2.24. The predicted octanol–water partition coefficient (Wildman–Crippen LogP) is 2.43. The largest absolute Gasteiger partial charge is 0.364 e. The summed E-state index contributed by atoms with van der Waals surface area (Å²) in [5, 5.41) is 2.81. The Morgan fingerprint density at radius 1 is 1.45 bits per heavy atom. The van der Waals surface area contributed by atoms with Gasteiger partial charge in [0.1, 0.15) is 17.7 Å². The fourth-order valence-corrected chi connectivity index (χ4v) is 2.71. The molecule has 0 aromatic heterocycles. The van der Waals surface area contributed by atoms with E-state index in [4.69, 9.17) is 10.5 Å². The molecule has 1 saturated heterocycles. The molecule has 1 heterocycles. The van der Waals surface area contributed by atoms with Gasteiger partial charge >= 0.3 is 0 Å². The first-order valence-electron chi connectivity index (χ1n) is 7.66. The molecule has 1 amide bonds. The quantitative estimate of drug-likeness (QED) is 0.848. The SMILES string of the molecule is CCCC(NC(=O)[C@@H]1CC[C@H](CN)O1)c1ccc(F)cc1F. The number of nitrogens with one attached hydrogen (secondary N) is 1. The summed E-state index contributed by atoms with van der Waals surface area (Å²) in [6, 6.07) is 2.92. The van der Waals surface area contributed by atoms with Gasteiger partial charge in [0.2, 0.25) is 5.91 Å². The normalized spacial score (nSPS) is 22.5. The predicted molar refractivity (Wildman–Crippen MR) is 79.1 cm³/mol. The number of carbonyl (C=O) groups excluding carboxylic acids is 1. The summed E-state index contributed by atoms with van der Waals surface area (Å²) in [5.74, 6) is -1.54. The number of carbonyl (C=O) groups is 1. The van der Waals surface area contributed by atoms with Crippen molar-refractivity contribution in [2.75, 3.05) is 6.54 Å². The lowest BCUT2D eigenvalue weighted by Gasteiger charge is -2.21. The van der Waals surface area contributed by atoms with Crippen molar-refractivity contribution in [3.05, 3.63) is 35.4 Å². The van der Waals surface area contributed by atoms with Gasteiger partial charge in [-0.05, 0) is 25.3 Å². The molecule has 22 heavy (non-hydrogen) atoms. The van der Waals surface area contributed by atoms with E-state index in [2.05, 4.69) is 5.32 Å². The van der Waals surface area contributed by atoms with Gasteiger partial charge in [0.05, 0.1) is 12.1 Å². The molecule has 3 atom stereocenters. The molecule has 0 saturated carbocycles. The van der Waals surface area contributed by atoms with Gasteiger partial charge in [0.25, 0.3) is 0 Å². The third-order valence-corrected chi connectivity index (χ3v) is 3.89. The first-order chi connectivity index (χ1) is 10.5. The molecule has 6 heteroatoms. The maximum absolute atomic E-state index is 13.9. The molecule has 1 fully saturated rings. The van der Waals surface area contributed by atoms with Gasteiger partial charge in [-0.2, -0.15) is 0 Å². The number of hydrogen-bond acceptors (Lipinski definition) is 3. The summed E-state index contributed by atoms with van der Waals surface area (Å²) in [5.41, 5.74) is 5.82. The smallest absolute Gasteiger partial charge is 0.249 e. The summed E-state index contributed by atoms with van der Waals surface area (Å²) in [4.78, 5) is 12.3. The fourth-order valence-electron chi connectivity index (χ4n) is 2.71. The third kappa shape index (κ3) is 4.01. The Labute approximate surface area is 129 Å². The van der Waals surface area contributed by atoms with Gasteiger partial charge in [-0.3, -0.25) is 4.79 Å². The van der Waals surface area contributed by atoms with E-state index < -0.39 is 23.8 Å². The second-order valence-corrected chi connectivity index (χ2v) is 5.58. The summed E-state index contributed by atoms with van der Waals surface area (Å²) >= 11 is 0. The Hall–Kier alpha value is -1.53. The van der Waals surface area contributed by atoms with Crippen LogP contribution in [-0.2, 0) is 9.53 Å². The van der Waals surface area contributed by atoms with E-state index in [-0.39, 0.29) is 12.0 Å². The molecular formula is C16H22F2N2O2. The highest BCUT2D eigenvalue weighted by molar-refractivity contribution is 5.81. The zero-order chi connectivity index (χ0) is 16.1. The van der Waals surface area contributed by atoms with Crippen LogP contribution in [0.1, 0.15) is 44.2 Å². The monoisotopic (exact) mass is 312 g/mol. The Bertz CT molecular complexity index is 525. The van der Waals surface area contributed by atoms with Crippen LogP contribution in [0.3, 0.4) is 0 Å². The van der Waals surface area contributed by atoms with Crippen LogP contribution in [-0.4, -0.2) is 24.7 Å². The average Bonchev–Trinajstić information content (AvgIpc) is 2.96. The lowest BCUT2D eigenvalue weighted by molar-refractivity contribution is -0.132. The first-order valence-corrected chi connectivity index (χ1v) is 7.66. The Morgan fingerprint density at radius 3 is 2.82 bits per heavy atom. The maximum atomic E-state index is 13.9. The molecule has 1 aromatic carbocycles. The number of hydrogen-bond donors (Lipinski definition) is 2. The highest BCUT2D eigenvalue weighted by Gasteiger charge is 2.31. The van der Waals surface area contributed by atoms with E-state index in [0.29, 0.717) is 24.9 Å². The topological polar surface area (TPSA) is 64.4 Å². The molecule has 1 unspecified atom stereocenters. The molecule has 4 nitrogen and oxygen atoms in total. The van der Waals surface area contributed by atoms with E-state index in [1.165, 1.54) is 12.1 Å². The molecule has 122 valence electrons. The third-order valence-electron chi connectivity index (χ3n) is 3.89. The Morgan fingerprint density at radius 2 is 2.23 bits per heavy atom. The van der Waals surface area contributed by atoms with Crippen LogP contribution in [0.15, 0.2) is 18.2 Å². The second-order valence-electron chi connectivity index (χ2n) is 5.58. The molecule has 1 aromatic rings. The summed E-state index contributed by atoms with van der Waals surface area (Å²) in [6.07, 6.45) is 2.05. The van der Waals surface area contributed by atoms with Crippen molar-refractivity contribution in [3.63, 3.8) is 0 Å². The van der Waals surface area contributed by atoms with Crippen molar-refractivity contribution in [2.45, 2.75) is 50.9 Å². The van der Waals surface area contributed by atoms with Crippen molar-refractivity contribution >= 4 is 5.91 Å². The van der Waals surface area contributed by atoms with Gasteiger partial charge in [-0.15, -0.1) is 0 Å². The summed E-state index contributed by atoms with van der Waals surface area (Å²) in [6.45, 7) is 2.33. The number of amides is 1. The fraction of sp³-hybridized carbons (Fsp3) is 0.562. The molecule has 0 spiro atoms. The number of nitrogens with two attached hydrogens (primary N) is 1. The molecule has 0 bridgehead atoms. The van der Waals surface area contributed by atoms with Crippen molar-refractivity contribution in [3.8, 4) is 0 Å². The maximum Gasteiger partial charge on any atom is 0.249 e. The Kier molecular flexibility index (Phi) is 5.85. The second kappa shape index (κ2) is 7.65. The van der Waals surface area contributed by atoms with E-state index in [1.54, 1.807) is 0 Å². The number of rotatable bonds is 6. The van der Waals surface area contributed by atoms with Crippen LogP contribution >= 0.6 is 0 Å². The molecule has 0 radical (unpaired) electrons. The van der Waals surface area contributed by atoms with Crippen molar-refractivity contribution < 1.29 is 18.3 Å². The van der Waals surface area contributed by atoms with Gasteiger partial charge in [-0.25, -0.2) is 8.78 Å². The minimum Gasteiger partial charge on any atom is -0.364 e. The lowest BCUT2D eigenvalue weighted by atomic mass is 10.0. The van der Waals surface area contributed by atoms with Crippen LogP contribution in [0.2, 0.25) is 0 Å². The molecule has 2 rings (SSSR count). The van der Waals surface area contributed by atoms with Gasteiger partial charge < -0.3 is 15.8 Å². The van der Waals surface area contributed by atoms with Crippen LogP contribution in [0.4, 0.5) is 8.78 Å². The molecule has 1 aliphatic heterocycles. The van der Waals surface area contributed by atoms with Crippen molar-refractivity contribution in [2.24, 2.45) is 5.73 Å². The average molecular weight is 312 g/mol. The lowest BCUT2D eigenvalue weighted by Crippen LogP contribution is -2.38. The van der Waals surface area contributed by atoms with Crippen LogP contribution in [0.25, 0.3) is 0 Å². The van der Waals surface area contributed by atoms with Gasteiger partial charge in [-0.1, -0.05) is 19.4 Å². The number of ether oxygens (including phenoxy) is 1. The first kappa shape index (κ1) is 16.8. The highest BCUT2D eigenvalue weighted by atomic mass is 19.1. The Balaban J connectivity index is 2.07. The van der Waals surface area contributed by atoms with Crippen molar-refractivity contribution in [1.29, 1.82) is 0 Å². The van der Waals surface area contributed by atoms with E-state index in [0.717, 1.165) is 18.9 Å². The standard InChI is InChI=1S/C16H22F2N2O2/c1-2-3-14(12-6-4-10(17)8-13(12)18)20-16(21)15-7-5-11(9-19)22-15/h4,6,8,11,14-15H,2-3,5,7,9,19H2,1H3,(H,20,21)/t11-,14?,15+/m1/s1. The van der Waals surface area contributed by atoms with Crippen LogP contribution in [0, 0.1) is 11.6 Å². The van der Waals surface area contributed by atoms with E-state index >= 15 is 0 Å². The summed E-state index contributed by atoms with van der Waals surface area (Å²) in [7, 11) is 0. The van der Waals surface area contributed by atoms with E-state index in [9.17, 15) is 13.6 Å². The van der Waals surface area contributed by atoms with Gasteiger partial charge in [0.15, 0.2) is 0 Å². The number of halogens is 2. The van der Waals surface area contributed by atoms with E-state index in [1.807, 2.05) is 6.92 Å². The summed E-state index contributed by atoms with van der Waals surface area (Å²) < 4.78 is 32.5. The van der Waals surface area contributed by atoms with Crippen molar-refractivity contribution in [1.82, 2.24) is 5.32 Å². The molecule has 0 aliphatic carbocycles. The molecular weight excluding hydrogens is 290 g/mol. The zero-order valence-electron chi connectivity index (χ0n) is 12.6. The zero-order valence-corrected chi connectivity index (χ0v) is 12.6. The minimum absolute atomic E-state index is 0.0945. The van der Waals surface area contributed by atoms with Gasteiger partial charge in [0, 0.05) is 18.2 Å². The number of benzene rings is 1. The molecule has 1 aliphatic rings. The minimum atomic E-state index is -0.647. The van der Waals surface area contributed by atoms with Crippen LogP contribution < -0.4 is 11.1 Å².